The predicted octanol–water partition coefficient (Wildman–Crippen LogP) is 4.77. The fourth-order valence-electron chi connectivity index (χ4n) is 2.35. The molecule has 94 valence electrons. The van der Waals surface area contributed by atoms with Gasteiger partial charge in [-0.3, -0.25) is 0 Å². The van der Waals surface area contributed by atoms with Gasteiger partial charge in [-0.2, -0.15) is 0 Å². The second-order valence-electron chi connectivity index (χ2n) is 4.82. The van der Waals surface area contributed by atoms with Gasteiger partial charge in [0.05, 0.1) is 0 Å². The Labute approximate surface area is 110 Å². The molecule has 0 saturated heterocycles. The van der Waals surface area contributed by atoms with Gasteiger partial charge in [-0.15, -0.1) is 0 Å². The number of aryl methyl sites for hydroxylation is 3. The van der Waals surface area contributed by atoms with Crippen LogP contribution in [0.25, 0.3) is 0 Å². The Balaban J connectivity index is 2.52. The lowest BCUT2D eigenvalue weighted by Gasteiger charge is -2.27. The van der Waals surface area contributed by atoms with Crippen LogP contribution in [0.15, 0.2) is 42.5 Å². The molecule has 0 atom stereocenters. The number of hydrogen-bond donors (Lipinski definition) is 0. The Hall–Kier alpha value is -1.76. The van der Waals surface area contributed by atoms with Crippen LogP contribution in [0.5, 0.6) is 0 Å². The normalized spacial score (nSPS) is 10.4. The van der Waals surface area contributed by atoms with Gasteiger partial charge in [-0.1, -0.05) is 30.3 Å². The maximum absolute atomic E-state index is 2.39. The third-order valence-corrected chi connectivity index (χ3v) is 3.38. The van der Waals surface area contributed by atoms with E-state index in [1.54, 1.807) is 0 Å². The summed E-state index contributed by atoms with van der Waals surface area (Å²) in [6.07, 6.45) is 0. The fraction of sp³-hybridized carbons (Fsp3) is 0.294. The largest absolute Gasteiger partial charge is 0.341 e. The van der Waals surface area contributed by atoms with Gasteiger partial charge in [0.2, 0.25) is 0 Å². The topological polar surface area (TPSA) is 3.24 Å². The van der Waals surface area contributed by atoms with Crippen LogP contribution in [0.2, 0.25) is 0 Å². The molecule has 0 aliphatic heterocycles. The lowest BCUT2D eigenvalue weighted by molar-refractivity contribution is 1.01. The summed E-state index contributed by atoms with van der Waals surface area (Å²) < 4.78 is 0. The SMILES string of the molecule is CCN(c1ccccc1C)c1cc(C)ccc1C. The van der Waals surface area contributed by atoms with Crippen molar-refractivity contribution in [2.24, 2.45) is 0 Å². The van der Waals surface area contributed by atoms with Gasteiger partial charge in [0.1, 0.15) is 0 Å². The van der Waals surface area contributed by atoms with E-state index in [1.807, 2.05) is 0 Å². The Morgan fingerprint density at radius 2 is 1.50 bits per heavy atom. The first-order valence-corrected chi connectivity index (χ1v) is 6.54. The molecule has 18 heavy (non-hydrogen) atoms. The van der Waals surface area contributed by atoms with Crippen molar-refractivity contribution >= 4 is 11.4 Å². The molecule has 1 heteroatoms. The molecule has 0 radical (unpaired) electrons. The smallest absolute Gasteiger partial charge is 0.0443 e. The van der Waals surface area contributed by atoms with Crippen LogP contribution < -0.4 is 4.90 Å². The first kappa shape index (κ1) is 12.7. The molecular weight excluding hydrogens is 218 g/mol. The Morgan fingerprint density at radius 3 is 2.17 bits per heavy atom. The maximum Gasteiger partial charge on any atom is 0.0443 e. The van der Waals surface area contributed by atoms with Crippen LogP contribution in [0.3, 0.4) is 0 Å². The molecule has 0 heterocycles. The van der Waals surface area contributed by atoms with Crippen LogP contribution in [-0.2, 0) is 0 Å². The third kappa shape index (κ3) is 2.40. The van der Waals surface area contributed by atoms with Crippen LogP contribution in [0.1, 0.15) is 23.6 Å². The van der Waals surface area contributed by atoms with Crippen molar-refractivity contribution in [2.75, 3.05) is 11.4 Å². The number of hydrogen-bond acceptors (Lipinski definition) is 1. The predicted molar refractivity (Wildman–Crippen MR) is 79.8 cm³/mol. The second kappa shape index (κ2) is 5.26. The Bertz CT molecular complexity index is 543. The molecule has 0 N–H and O–H groups in total. The van der Waals surface area contributed by atoms with Crippen LogP contribution >= 0.6 is 0 Å². The Morgan fingerprint density at radius 1 is 0.833 bits per heavy atom. The summed E-state index contributed by atoms with van der Waals surface area (Å²) in [6.45, 7) is 9.68. The standard InChI is InChI=1S/C17H21N/c1-5-18(16-9-7-6-8-14(16)3)17-12-13(2)10-11-15(17)4/h6-12H,5H2,1-4H3. The van der Waals surface area contributed by atoms with Gasteiger partial charge in [-0.05, 0) is 56.5 Å². The van der Waals surface area contributed by atoms with Crippen molar-refractivity contribution in [1.82, 2.24) is 0 Å². The van der Waals surface area contributed by atoms with Gasteiger partial charge in [-0.25, -0.2) is 0 Å². The highest BCUT2D eigenvalue weighted by molar-refractivity contribution is 5.69. The molecular formula is C17H21N. The highest BCUT2D eigenvalue weighted by Gasteiger charge is 2.11. The summed E-state index contributed by atoms with van der Waals surface area (Å²) >= 11 is 0. The molecule has 2 aromatic rings. The van der Waals surface area contributed by atoms with Crippen LogP contribution in [0, 0.1) is 20.8 Å². The maximum atomic E-state index is 2.39. The monoisotopic (exact) mass is 239 g/mol. The van der Waals surface area contributed by atoms with Crippen LogP contribution in [-0.4, -0.2) is 6.54 Å². The van der Waals surface area contributed by atoms with Crippen molar-refractivity contribution in [2.45, 2.75) is 27.7 Å². The van der Waals surface area contributed by atoms with E-state index < -0.39 is 0 Å². The van der Waals surface area contributed by atoms with E-state index >= 15 is 0 Å². The van der Waals surface area contributed by atoms with Crippen molar-refractivity contribution < 1.29 is 0 Å². The molecule has 1 nitrogen and oxygen atoms in total. The number of rotatable bonds is 3. The molecule has 0 bridgehead atoms. The van der Waals surface area contributed by atoms with E-state index in [0.29, 0.717) is 0 Å². The summed E-state index contributed by atoms with van der Waals surface area (Å²) in [7, 11) is 0. The molecule has 2 rings (SSSR count). The zero-order chi connectivity index (χ0) is 13.1. The third-order valence-electron chi connectivity index (χ3n) is 3.38. The summed E-state index contributed by atoms with van der Waals surface area (Å²) in [5.74, 6) is 0. The molecule has 0 aromatic heterocycles. The number of para-hydroxylation sites is 1. The first-order valence-electron chi connectivity index (χ1n) is 6.54. The highest BCUT2D eigenvalue weighted by atomic mass is 15.1. The van der Waals surface area contributed by atoms with Crippen molar-refractivity contribution in [1.29, 1.82) is 0 Å². The number of benzene rings is 2. The number of anilines is 2. The summed E-state index contributed by atoms with van der Waals surface area (Å²) in [5.41, 5.74) is 6.56. The van der Waals surface area contributed by atoms with Crippen molar-refractivity contribution in [3.63, 3.8) is 0 Å². The minimum absolute atomic E-state index is 0.981. The van der Waals surface area contributed by atoms with E-state index in [0.717, 1.165) is 6.54 Å². The van der Waals surface area contributed by atoms with E-state index in [1.165, 1.54) is 28.1 Å². The average Bonchev–Trinajstić information content (AvgIpc) is 2.36. The van der Waals surface area contributed by atoms with Crippen molar-refractivity contribution in [3.8, 4) is 0 Å². The fourth-order valence-corrected chi connectivity index (χ4v) is 2.35. The van der Waals surface area contributed by atoms with E-state index in [2.05, 4.69) is 75.1 Å². The van der Waals surface area contributed by atoms with Gasteiger partial charge in [0.25, 0.3) is 0 Å². The second-order valence-corrected chi connectivity index (χ2v) is 4.82. The van der Waals surface area contributed by atoms with Gasteiger partial charge in [0, 0.05) is 17.9 Å². The molecule has 0 aliphatic carbocycles. The quantitative estimate of drug-likeness (QED) is 0.745. The van der Waals surface area contributed by atoms with E-state index in [-0.39, 0.29) is 0 Å². The molecule has 0 unspecified atom stereocenters. The average molecular weight is 239 g/mol. The van der Waals surface area contributed by atoms with E-state index in [4.69, 9.17) is 0 Å². The Kier molecular flexibility index (Phi) is 3.71. The molecule has 0 aliphatic rings. The first-order chi connectivity index (χ1) is 8.63. The van der Waals surface area contributed by atoms with Gasteiger partial charge < -0.3 is 4.90 Å². The van der Waals surface area contributed by atoms with Gasteiger partial charge in [0.15, 0.2) is 0 Å². The highest BCUT2D eigenvalue weighted by Crippen LogP contribution is 2.30. The minimum atomic E-state index is 0.981. The molecule has 0 amide bonds. The molecule has 0 fully saturated rings. The van der Waals surface area contributed by atoms with Crippen LogP contribution in [0.4, 0.5) is 11.4 Å². The van der Waals surface area contributed by atoms with Crippen molar-refractivity contribution in [3.05, 3.63) is 59.2 Å². The molecule has 0 spiro atoms. The zero-order valence-corrected chi connectivity index (χ0v) is 11.7. The summed E-state index contributed by atoms with van der Waals surface area (Å²) in [5, 5.41) is 0. The lowest BCUT2D eigenvalue weighted by Crippen LogP contribution is -2.18. The molecule has 2 aromatic carbocycles. The minimum Gasteiger partial charge on any atom is -0.341 e. The zero-order valence-electron chi connectivity index (χ0n) is 11.7. The van der Waals surface area contributed by atoms with E-state index in [9.17, 15) is 0 Å². The molecule has 0 saturated carbocycles. The lowest BCUT2D eigenvalue weighted by atomic mass is 10.1. The number of nitrogens with zero attached hydrogens (tertiary/aromatic N) is 1. The van der Waals surface area contributed by atoms with Gasteiger partial charge >= 0.3 is 0 Å². The summed E-state index contributed by atoms with van der Waals surface area (Å²) in [4.78, 5) is 2.39. The summed E-state index contributed by atoms with van der Waals surface area (Å²) in [6, 6.07) is 15.2.